The molecule has 1 aromatic heterocycles. The molecule has 24 heavy (non-hydrogen) atoms. The van der Waals surface area contributed by atoms with Gasteiger partial charge in [0, 0.05) is 45.1 Å². The van der Waals surface area contributed by atoms with Crippen molar-refractivity contribution in [1.82, 2.24) is 19.8 Å². The first kappa shape index (κ1) is 16.7. The van der Waals surface area contributed by atoms with Gasteiger partial charge >= 0.3 is 0 Å². The molecule has 0 amide bonds. The lowest BCUT2D eigenvalue weighted by Gasteiger charge is -2.35. The Bertz CT molecular complexity index is 611. The number of rotatable bonds is 6. The summed E-state index contributed by atoms with van der Waals surface area (Å²) in [7, 11) is 3.86. The van der Waals surface area contributed by atoms with E-state index in [1.807, 2.05) is 18.2 Å². The number of piperazine rings is 1. The maximum absolute atomic E-state index is 5.27. The van der Waals surface area contributed by atoms with Crippen LogP contribution in [0.15, 0.2) is 42.7 Å². The smallest absolute Gasteiger partial charge is 0.223 e. The van der Waals surface area contributed by atoms with E-state index in [9.17, 15) is 0 Å². The van der Waals surface area contributed by atoms with Gasteiger partial charge in [-0.3, -0.25) is 4.90 Å². The number of benzene rings is 1. The zero-order valence-electron chi connectivity index (χ0n) is 14.4. The molecule has 1 aliphatic rings. The fourth-order valence-corrected chi connectivity index (χ4v) is 2.89. The summed E-state index contributed by atoms with van der Waals surface area (Å²) < 4.78 is 5.27. The van der Waals surface area contributed by atoms with Crippen molar-refractivity contribution in [3.8, 4) is 5.75 Å². The summed E-state index contributed by atoms with van der Waals surface area (Å²) in [4.78, 5) is 13.5. The number of nitrogens with zero attached hydrogens (tertiary/aromatic N) is 4. The Morgan fingerprint density at radius 1 is 1.08 bits per heavy atom. The van der Waals surface area contributed by atoms with Crippen LogP contribution >= 0.6 is 0 Å². The second-order valence-corrected chi connectivity index (χ2v) is 6.15. The Kier molecular flexibility index (Phi) is 5.61. The molecule has 0 bridgehead atoms. The number of nitrogens with one attached hydrogen (secondary N) is 1. The van der Waals surface area contributed by atoms with Crippen molar-refractivity contribution in [2.24, 2.45) is 0 Å². The molecule has 2 heterocycles. The third-order valence-corrected chi connectivity index (χ3v) is 4.42. The number of likely N-dealkylation sites (N-methyl/N-ethyl adjacent to an activating group) is 1. The van der Waals surface area contributed by atoms with Gasteiger partial charge in [-0.15, -0.1) is 0 Å². The van der Waals surface area contributed by atoms with E-state index >= 15 is 0 Å². The number of ether oxygens (including phenoxy) is 1. The van der Waals surface area contributed by atoms with E-state index in [2.05, 4.69) is 44.3 Å². The van der Waals surface area contributed by atoms with Crippen LogP contribution in [0.3, 0.4) is 0 Å². The zero-order valence-corrected chi connectivity index (χ0v) is 14.4. The summed E-state index contributed by atoms with van der Waals surface area (Å²) in [5.74, 6) is 1.53. The van der Waals surface area contributed by atoms with Crippen molar-refractivity contribution in [3.63, 3.8) is 0 Å². The van der Waals surface area contributed by atoms with Gasteiger partial charge in [0.15, 0.2) is 0 Å². The molecule has 128 valence electrons. The van der Waals surface area contributed by atoms with Gasteiger partial charge in [0.05, 0.1) is 13.2 Å². The Hall–Kier alpha value is -2.18. The Morgan fingerprint density at radius 3 is 2.38 bits per heavy atom. The molecule has 0 saturated carbocycles. The van der Waals surface area contributed by atoms with Crippen LogP contribution in [-0.2, 0) is 0 Å². The second kappa shape index (κ2) is 8.08. The molecule has 3 rings (SSSR count). The molecule has 1 fully saturated rings. The first-order valence-electron chi connectivity index (χ1n) is 8.33. The average Bonchev–Trinajstić information content (AvgIpc) is 2.64. The average molecular weight is 327 g/mol. The topological polar surface area (TPSA) is 53.5 Å². The predicted molar refractivity (Wildman–Crippen MR) is 95.3 cm³/mol. The Morgan fingerprint density at radius 2 is 1.75 bits per heavy atom. The lowest BCUT2D eigenvalue weighted by atomic mass is 10.1. The molecule has 1 atom stereocenters. The van der Waals surface area contributed by atoms with Crippen molar-refractivity contribution in [2.45, 2.75) is 6.04 Å². The first-order chi connectivity index (χ1) is 11.7. The van der Waals surface area contributed by atoms with Crippen LogP contribution in [0.1, 0.15) is 11.6 Å². The minimum Gasteiger partial charge on any atom is -0.497 e. The Labute approximate surface area is 143 Å². The van der Waals surface area contributed by atoms with Crippen molar-refractivity contribution >= 4 is 5.95 Å². The molecular formula is C18H25N5O. The number of methoxy groups -OCH3 is 1. The van der Waals surface area contributed by atoms with Crippen molar-refractivity contribution in [1.29, 1.82) is 0 Å². The summed E-state index contributed by atoms with van der Waals surface area (Å²) in [5.41, 5.74) is 1.21. The fraction of sp³-hybridized carbons (Fsp3) is 0.444. The summed E-state index contributed by atoms with van der Waals surface area (Å²) in [5, 5.41) is 3.47. The Balaban J connectivity index is 1.74. The van der Waals surface area contributed by atoms with E-state index in [-0.39, 0.29) is 6.04 Å². The highest BCUT2D eigenvalue weighted by Gasteiger charge is 2.20. The minimum absolute atomic E-state index is 0.140. The lowest BCUT2D eigenvalue weighted by molar-refractivity contribution is 0.149. The summed E-state index contributed by atoms with van der Waals surface area (Å²) in [6.45, 7) is 5.31. The normalized spacial score (nSPS) is 17.4. The van der Waals surface area contributed by atoms with Gasteiger partial charge in [0.1, 0.15) is 5.75 Å². The van der Waals surface area contributed by atoms with Crippen LogP contribution in [0, 0.1) is 0 Å². The fourth-order valence-electron chi connectivity index (χ4n) is 2.89. The monoisotopic (exact) mass is 327 g/mol. The van der Waals surface area contributed by atoms with Crippen molar-refractivity contribution < 1.29 is 4.74 Å². The molecule has 0 spiro atoms. The van der Waals surface area contributed by atoms with Crippen LogP contribution in [-0.4, -0.2) is 66.6 Å². The first-order valence-corrected chi connectivity index (χ1v) is 8.33. The number of hydrogen-bond donors (Lipinski definition) is 1. The predicted octanol–water partition coefficient (Wildman–Crippen LogP) is 1.89. The quantitative estimate of drug-likeness (QED) is 0.874. The summed E-state index contributed by atoms with van der Waals surface area (Å²) in [6.07, 6.45) is 3.52. The van der Waals surface area contributed by atoms with E-state index in [1.54, 1.807) is 19.5 Å². The summed E-state index contributed by atoms with van der Waals surface area (Å²) in [6, 6.07) is 10.2. The third kappa shape index (κ3) is 4.43. The highest BCUT2D eigenvalue weighted by atomic mass is 16.5. The third-order valence-electron chi connectivity index (χ3n) is 4.42. The highest BCUT2D eigenvalue weighted by molar-refractivity contribution is 5.35. The maximum Gasteiger partial charge on any atom is 0.223 e. The summed E-state index contributed by atoms with van der Waals surface area (Å²) >= 11 is 0. The number of hydrogen-bond acceptors (Lipinski definition) is 6. The van der Waals surface area contributed by atoms with Crippen LogP contribution in [0.4, 0.5) is 5.95 Å². The van der Waals surface area contributed by atoms with Gasteiger partial charge in [0.25, 0.3) is 0 Å². The molecule has 2 aromatic rings. The van der Waals surface area contributed by atoms with Crippen LogP contribution in [0.2, 0.25) is 0 Å². The number of anilines is 1. The van der Waals surface area contributed by atoms with Crippen LogP contribution in [0.25, 0.3) is 0 Å². The molecule has 0 aliphatic carbocycles. The van der Waals surface area contributed by atoms with Gasteiger partial charge in [-0.1, -0.05) is 12.1 Å². The zero-order chi connectivity index (χ0) is 16.8. The SMILES string of the molecule is COc1ccc([C@H](CN2CCN(C)CC2)Nc2ncccn2)cc1. The molecule has 6 heteroatoms. The van der Waals surface area contributed by atoms with E-state index < -0.39 is 0 Å². The van der Waals surface area contributed by atoms with Gasteiger partial charge in [-0.25, -0.2) is 9.97 Å². The van der Waals surface area contributed by atoms with Crippen molar-refractivity contribution in [2.75, 3.05) is 52.2 Å². The van der Waals surface area contributed by atoms with E-state index in [0.717, 1.165) is 38.5 Å². The van der Waals surface area contributed by atoms with Crippen LogP contribution in [0.5, 0.6) is 5.75 Å². The van der Waals surface area contributed by atoms with E-state index in [1.165, 1.54) is 5.56 Å². The van der Waals surface area contributed by atoms with Crippen LogP contribution < -0.4 is 10.1 Å². The molecule has 1 N–H and O–H groups in total. The van der Waals surface area contributed by atoms with Gasteiger partial charge in [-0.05, 0) is 30.8 Å². The van der Waals surface area contributed by atoms with Crippen molar-refractivity contribution in [3.05, 3.63) is 48.3 Å². The van der Waals surface area contributed by atoms with E-state index in [4.69, 9.17) is 4.74 Å². The largest absolute Gasteiger partial charge is 0.497 e. The highest BCUT2D eigenvalue weighted by Crippen LogP contribution is 2.22. The molecule has 1 saturated heterocycles. The molecule has 6 nitrogen and oxygen atoms in total. The maximum atomic E-state index is 5.27. The second-order valence-electron chi connectivity index (χ2n) is 6.15. The standard InChI is InChI=1S/C18H25N5O/c1-22-10-12-23(13-11-22)14-17(21-18-19-8-3-9-20-18)15-4-6-16(24-2)7-5-15/h3-9,17H,10-14H2,1-2H3,(H,19,20,21)/t17-/m0/s1. The van der Waals surface area contributed by atoms with Gasteiger partial charge < -0.3 is 15.0 Å². The molecule has 1 aliphatic heterocycles. The lowest BCUT2D eigenvalue weighted by Crippen LogP contribution is -2.46. The molecular weight excluding hydrogens is 302 g/mol. The molecule has 0 unspecified atom stereocenters. The van der Waals surface area contributed by atoms with Gasteiger partial charge in [-0.2, -0.15) is 0 Å². The minimum atomic E-state index is 0.140. The molecule has 1 aromatic carbocycles. The van der Waals surface area contributed by atoms with E-state index in [0.29, 0.717) is 5.95 Å². The molecule has 0 radical (unpaired) electrons. The number of aromatic nitrogens is 2. The van der Waals surface area contributed by atoms with Gasteiger partial charge in [0.2, 0.25) is 5.95 Å².